The first-order valence-corrected chi connectivity index (χ1v) is 4.89. The number of nitrogens with two attached hydrogens (primary N) is 1. The minimum absolute atomic E-state index is 0.148. The molecule has 0 saturated carbocycles. The summed E-state index contributed by atoms with van der Waals surface area (Å²) in [5.41, 5.74) is 1.85. The van der Waals surface area contributed by atoms with Crippen LogP contribution in [0.4, 0.5) is 8.78 Å². The molecule has 0 bridgehead atoms. The highest BCUT2D eigenvalue weighted by Crippen LogP contribution is 2.30. The highest BCUT2D eigenvalue weighted by molar-refractivity contribution is 5.24. The normalized spacial score (nSPS) is 13.9. The lowest BCUT2D eigenvalue weighted by molar-refractivity contribution is -0.0122. The molecule has 3 nitrogen and oxygen atoms in total. The predicted octanol–water partition coefficient (Wildman–Crippen LogP) is 1.89. The van der Waals surface area contributed by atoms with Crippen LogP contribution < -0.4 is 11.3 Å². The Morgan fingerprint density at radius 2 is 2.00 bits per heavy atom. The third-order valence-corrected chi connectivity index (χ3v) is 2.68. The van der Waals surface area contributed by atoms with Crippen molar-refractivity contribution in [3.05, 3.63) is 35.4 Å². The Kier molecular flexibility index (Phi) is 3.96. The van der Waals surface area contributed by atoms with Gasteiger partial charge >= 0.3 is 0 Å². The van der Waals surface area contributed by atoms with E-state index in [-0.39, 0.29) is 5.56 Å². The number of ether oxygens (including phenoxy) is 1. The van der Waals surface area contributed by atoms with E-state index >= 15 is 0 Å². The molecule has 1 aromatic rings. The van der Waals surface area contributed by atoms with E-state index in [1.165, 1.54) is 19.2 Å². The lowest BCUT2D eigenvalue weighted by Gasteiger charge is -2.33. The maximum atomic E-state index is 13.6. The molecule has 0 heterocycles. The second-order valence-electron chi connectivity index (χ2n) is 4.05. The SMILES string of the molecule is COC(C)(C)C(NN)c1cccc(F)c1F. The van der Waals surface area contributed by atoms with Gasteiger partial charge in [-0.2, -0.15) is 0 Å². The van der Waals surface area contributed by atoms with E-state index in [0.717, 1.165) is 6.07 Å². The first-order chi connectivity index (χ1) is 7.44. The van der Waals surface area contributed by atoms with Crippen LogP contribution in [0, 0.1) is 11.6 Å². The van der Waals surface area contributed by atoms with Crippen molar-refractivity contribution in [2.45, 2.75) is 25.5 Å². The van der Waals surface area contributed by atoms with E-state index in [1.54, 1.807) is 13.8 Å². The Labute approximate surface area is 93.6 Å². The van der Waals surface area contributed by atoms with Crippen LogP contribution in [-0.2, 0) is 4.74 Å². The third kappa shape index (κ3) is 2.37. The van der Waals surface area contributed by atoms with Crippen LogP contribution in [0.1, 0.15) is 25.5 Å². The lowest BCUT2D eigenvalue weighted by atomic mass is 9.91. The standard InChI is InChI=1S/C11H16F2N2O/c1-11(2,16-3)10(15-14)7-5-4-6-8(12)9(7)13/h4-6,10,15H,14H2,1-3H3. The van der Waals surface area contributed by atoms with Crippen LogP contribution in [-0.4, -0.2) is 12.7 Å². The van der Waals surface area contributed by atoms with Crippen LogP contribution >= 0.6 is 0 Å². The topological polar surface area (TPSA) is 47.3 Å². The molecule has 3 N–H and O–H groups in total. The largest absolute Gasteiger partial charge is 0.377 e. The van der Waals surface area contributed by atoms with E-state index in [4.69, 9.17) is 10.6 Å². The van der Waals surface area contributed by atoms with Crippen molar-refractivity contribution in [1.82, 2.24) is 5.43 Å². The number of methoxy groups -OCH3 is 1. The summed E-state index contributed by atoms with van der Waals surface area (Å²) >= 11 is 0. The number of nitrogens with one attached hydrogen (secondary N) is 1. The molecular weight excluding hydrogens is 214 g/mol. The molecule has 0 aromatic heterocycles. The van der Waals surface area contributed by atoms with Crippen molar-refractivity contribution in [3.63, 3.8) is 0 Å². The molecule has 0 aliphatic heterocycles. The van der Waals surface area contributed by atoms with E-state index in [0.29, 0.717) is 0 Å². The number of benzene rings is 1. The fourth-order valence-electron chi connectivity index (χ4n) is 1.53. The Hall–Kier alpha value is -1.04. The Balaban J connectivity index is 3.19. The zero-order chi connectivity index (χ0) is 12.3. The second kappa shape index (κ2) is 4.86. The highest BCUT2D eigenvalue weighted by atomic mass is 19.2. The van der Waals surface area contributed by atoms with Crippen LogP contribution in [0.2, 0.25) is 0 Å². The molecule has 0 aliphatic carbocycles. The van der Waals surface area contributed by atoms with Gasteiger partial charge in [-0.3, -0.25) is 5.84 Å². The molecule has 90 valence electrons. The van der Waals surface area contributed by atoms with Gasteiger partial charge in [-0.05, 0) is 19.9 Å². The predicted molar refractivity (Wildman–Crippen MR) is 57.5 cm³/mol. The quantitative estimate of drug-likeness (QED) is 0.613. The molecule has 1 unspecified atom stereocenters. The Morgan fingerprint density at radius 1 is 1.38 bits per heavy atom. The average molecular weight is 230 g/mol. The second-order valence-corrected chi connectivity index (χ2v) is 4.05. The zero-order valence-electron chi connectivity index (χ0n) is 9.55. The summed E-state index contributed by atoms with van der Waals surface area (Å²) < 4.78 is 31.9. The molecular formula is C11H16F2N2O. The Bertz CT molecular complexity index is 369. The van der Waals surface area contributed by atoms with Gasteiger partial charge in [0.25, 0.3) is 0 Å². The average Bonchev–Trinajstić information content (AvgIpc) is 2.25. The first-order valence-electron chi connectivity index (χ1n) is 4.89. The van der Waals surface area contributed by atoms with Crippen molar-refractivity contribution in [1.29, 1.82) is 0 Å². The highest BCUT2D eigenvalue weighted by Gasteiger charge is 2.32. The molecule has 0 saturated heterocycles. The molecule has 1 atom stereocenters. The number of rotatable bonds is 4. The minimum atomic E-state index is -0.907. The van der Waals surface area contributed by atoms with Gasteiger partial charge in [0.05, 0.1) is 11.6 Å². The van der Waals surface area contributed by atoms with Gasteiger partial charge in [-0.15, -0.1) is 0 Å². The zero-order valence-corrected chi connectivity index (χ0v) is 9.55. The number of hydrogen-bond donors (Lipinski definition) is 2. The van der Waals surface area contributed by atoms with Crippen LogP contribution in [0.25, 0.3) is 0 Å². The fourth-order valence-corrected chi connectivity index (χ4v) is 1.53. The van der Waals surface area contributed by atoms with Gasteiger partial charge in [0.2, 0.25) is 0 Å². The number of halogens is 2. The van der Waals surface area contributed by atoms with Crippen molar-refractivity contribution < 1.29 is 13.5 Å². The maximum Gasteiger partial charge on any atom is 0.163 e. The monoisotopic (exact) mass is 230 g/mol. The summed E-state index contributed by atoms with van der Waals surface area (Å²) in [4.78, 5) is 0. The minimum Gasteiger partial charge on any atom is -0.377 e. The van der Waals surface area contributed by atoms with Gasteiger partial charge in [-0.25, -0.2) is 14.2 Å². The van der Waals surface area contributed by atoms with Crippen LogP contribution in [0.15, 0.2) is 18.2 Å². The smallest absolute Gasteiger partial charge is 0.163 e. The fraction of sp³-hybridized carbons (Fsp3) is 0.455. The van der Waals surface area contributed by atoms with Crippen LogP contribution in [0.3, 0.4) is 0 Å². The summed E-state index contributed by atoms with van der Waals surface area (Å²) in [6.07, 6.45) is 0. The van der Waals surface area contributed by atoms with Gasteiger partial charge in [0, 0.05) is 12.7 Å². The van der Waals surface area contributed by atoms with Crippen molar-refractivity contribution in [3.8, 4) is 0 Å². The lowest BCUT2D eigenvalue weighted by Crippen LogP contribution is -2.44. The Morgan fingerprint density at radius 3 is 2.50 bits per heavy atom. The third-order valence-electron chi connectivity index (χ3n) is 2.68. The van der Waals surface area contributed by atoms with Gasteiger partial charge in [0.15, 0.2) is 11.6 Å². The van der Waals surface area contributed by atoms with Gasteiger partial charge in [-0.1, -0.05) is 12.1 Å². The summed E-state index contributed by atoms with van der Waals surface area (Å²) in [6, 6.07) is 3.34. The summed E-state index contributed by atoms with van der Waals surface area (Å²) in [5, 5.41) is 0. The molecule has 1 rings (SSSR count). The van der Waals surface area contributed by atoms with Gasteiger partial charge in [0.1, 0.15) is 0 Å². The van der Waals surface area contributed by atoms with Crippen LogP contribution in [0.5, 0.6) is 0 Å². The maximum absolute atomic E-state index is 13.6. The van der Waals surface area contributed by atoms with Crippen molar-refractivity contribution in [2.24, 2.45) is 5.84 Å². The summed E-state index contributed by atoms with van der Waals surface area (Å²) in [6.45, 7) is 3.48. The van der Waals surface area contributed by atoms with E-state index in [9.17, 15) is 8.78 Å². The summed E-state index contributed by atoms with van der Waals surface area (Å²) in [5.74, 6) is 3.56. The summed E-state index contributed by atoms with van der Waals surface area (Å²) in [7, 11) is 1.49. The molecule has 0 amide bonds. The number of hydrazine groups is 1. The first kappa shape index (κ1) is 13.0. The van der Waals surface area contributed by atoms with Crippen molar-refractivity contribution in [2.75, 3.05) is 7.11 Å². The number of hydrogen-bond acceptors (Lipinski definition) is 3. The van der Waals surface area contributed by atoms with E-state index in [2.05, 4.69) is 5.43 Å². The molecule has 0 radical (unpaired) electrons. The van der Waals surface area contributed by atoms with Gasteiger partial charge < -0.3 is 4.74 Å². The molecule has 5 heteroatoms. The molecule has 0 fully saturated rings. The molecule has 16 heavy (non-hydrogen) atoms. The molecule has 0 aliphatic rings. The van der Waals surface area contributed by atoms with E-state index < -0.39 is 23.3 Å². The molecule has 0 spiro atoms. The molecule has 1 aromatic carbocycles. The van der Waals surface area contributed by atoms with Crippen molar-refractivity contribution >= 4 is 0 Å². The van der Waals surface area contributed by atoms with E-state index in [1.807, 2.05) is 0 Å².